The largest absolute Gasteiger partial charge is 0.368 e. The van der Waals surface area contributed by atoms with Gasteiger partial charge in [0.1, 0.15) is 0 Å². The second kappa shape index (κ2) is 5.54. The second-order valence-electron chi connectivity index (χ2n) is 4.32. The fraction of sp³-hybridized carbons (Fsp3) is 0.308. The van der Waals surface area contributed by atoms with Crippen molar-refractivity contribution in [2.24, 2.45) is 5.73 Å². The van der Waals surface area contributed by atoms with Gasteiger partial charge in [-0.25, -0.2) is 4.98 Å². The number of hydrogen-bond donors (Lipinski definition) is 2. The molecule has 0 aliphatic heterocycles. The molecular formula is C13H17N5S. The number of anilines is 1. The highest BCUT2D eigenvalue weighted by atomic mass is 32.2. The molecule has 0 saturated heterocycles. The van der Waals surface area contributed by atoms with E-state index >= 15 is 0 Å². The lowest BCUT2D eigenvalue weighted by atomic mass is 9.96. The number of nitrogens with two attached hydrogens (primary N) is 2. The molecule has 2 aromatic rings. The minimum atomic E-state index is -0.391. The van der Waals surface area contributed by atoms with Crippen LogP contribution in [0.2, 0.25) is 0 Å². The average Bonchev–Trinajstić information content (AvgIpc) is 2.37. The Kier molecular flexibility index (Phi) is 4.01. The molecule has 0 amide bonds. The lowest BCUT2D eigenvalue weighted by molar-refractivity contribution is 0.727. The van der Waals surface area contributed by atoms with Gasteiger partial charge in [-0.2, -0.15) is 9.97 Å². The summed E-state index contributed by atoms with van der Waals surface area (Å²) < 4.78 is 0. The number of hydrogen-bond acceptors (Lipinski definition) is 6. The van der Waals surface area contributed by atoms with Crippen molar-refractivity contribution < 1.29 is 0 Å². The van der Waals surface area contributed by atoms with Gasteiger partial charge in [0.05, 0.1) is 6.04 Å². The van der Waals surface area contributed by atoms with Crippen LogP contribution in [0.5, 0.6) is 0 Å². The maximum Gasteiger partial charge on any atom is 0.224 e. The molecule has 1 unspecified atom stereocenters. The third-order valence-corrected chi connectivity index (χ3v) is 3.51. The predicted molar refractivity (Wildman–Crippen MR) is 78.0 cm³/mol. The SMILES string of the molecule is CSc1nc(N)nc(C(N)c2c(C)cccc2C)n1. The van der Waals surface area contributed by atoms with Gasteiger partial charge in [0.2, 0.25) is 5.95 Å². The fourth-order valence-corrected chi connectivity index (χ4v) is 2.44. The van der Waals surface area contributed by atoms with Crippen LogP contribution in [0.1, 0.15) is 28.6 Å². The molecule has 6 heteroatoms. The molecule has 19 heavy (non-hydrogen) atoms. The summed E-state index contributed by atoms with van der Waals surface area (Å²) in [6.07, 6.45) is 1.89. The van der Waals surface area contributed by atoms with Gasteiger partial charge >= 0.3 is 0 Å². The zero-order chi connectivity index (χ0) is 14.0. The van der Waals surface area contributed by atoms with E-state index in [9.17, 15) is 0 Å². The van der Waals surface area contributed by atoms with Crippen LogP contribution in [-0.2, 0) is 0 Å². The van der Waals surface area contributed by atoms with E-state index in [1.54, 1.807) is 0 Å². The lowest BCUT2D eigenvalue weighted by Gasteiger charge is -2.16. The first-order valence-electron chi connectivity index (χ1n) is 5.90. The van der Waals surface area contributed by atoms with Gasteiger partial charge in [-0.1, -0.05) is 30.0 Å². The first-order chi connectivity index (χ1) is 9.02. The Balaban J connectivity index is 2.49. The van der Waals surface area contributed by atoms with E-state index < -0.39 is 6.04 Å². The van der Waals surface area contributed by atoms with Crippen molar-refractivity contribution in [3.05, 3.63) is 40.7 Å². The van der Waals surface area contributed by atoms with Crippen LogP contribution in [0.3, 0.4) is 0 Å². The van der Waals surface area contributed by atoms with E-state index in [-0.39, 0.29) is 5.95 Å². The minimum Gasteiger partial charge on any atom is -0.368 e. The van der Waals surface area contributed by atoms with Crippen molar-refractivity contribution in [1.29, 1.82) is 0 Å². The third-order valence-electron chi connectivity index (χ3n) is 2.96. The van der Waals surface area contributed by atoms with E-state index in [1.165, 1.54) is 11.8 Å². The molecule has 0 saturated carbocycles. The highest BCUT2D eigenvalue weighted by molar-refractivity contribution is 7.98. The first-order valence-corrected chi connectivity index (χ1v) is 7.12. The standard InChI is InChI=1S/C13H17N5S/c1-7-5-4-6-8(2)9(7)10(14)11-16-12(15)18-13(17-11)19-3/h4-6,10H,14H2,1-3H3,(H2,15,16,17,18). The van der Waals surface area contributed by atoms with E-state index in [1.807, 2.05) is 38.3 Å². The number of nitrogens with zero attached hydrogens (tertiary/aromatic N) is 3. The Hall–Kier alpha value is -1.66. The number of rotatable bonds is 3. The topological polar surface area (TPSA) is 90.7 Å². The molecule has 1 atom stereocenters. The monoisotopic (exact) mass is 275 g/mol. The number of benzene rings is 1. The van der Waals surface area contributed by atoms with Crippen molar-refractivity contribution in [1.82, 2.24) is 15.0 Å². The lowest BCUT2D eigenvalue weighted by Crippen LogP contribution is -2.19. The number of aryl methyl sites for hydroxylation is 2. The van der Waals surface area contributed by atoms with Crippen molar-refractivity contribution in [3.63, 3.8) is 0 Å². The van der Waals surface area contributed by atoms with Crippen LogP contribution in [0, 0.1) is 13.8 Å². The fourth-order valence-electron chi connectivity index (χ4n) is 2.07. The molecule has 0 spiro atoms. The van der Waals surface area contributed by atoms with E-state index in [4.69, 9.17) is 11.5 Å². The van der Waals surface area contributed by atoms with Crippen LogP contribution < -0.4 is 11.5 Å². The Morgan fingerprint density at radius 1 is 1.11 bits per heavy atom. The van der Waals surface area contributed by atoms with E-state index in [0.29, 0.717) is 11.0 Å². The molecule has 0 bridgehead atoms. The van der Waals surface area contributed by atoms with Crippen molar-refractivity contribution in [2.75, 3.05) is 12.0 Å². The zero-order valence-electron chi connectivity index (χ0n) is 11.2. The molecule has 5 nitrogen and oxygen atoms in total. The highest BCUT2D eigenvalue weighted by Crippen LogP contribution is 2.24. The first kappa shape index (κ1) is 13.8. The summed E-state index contributed by atoms with van der Waals surface area (Å²) >= 11 is 1.42. The van der Waals surface area contributed by atoms with Crippen LogP contribution in [0.15, 0.2) is 23.4 Å². The predicted octanol–water partition coefficient (Wildman–Crippen LogP) is 1.84. The molecule has 1 heterocycles. The molecule has 0 aliphatic carbocycles. The molecule has 0 fully saturated rings. The van der Waals surface area contributed by atoms with Crippen molar-refractivity contribution >= 4 is 17.7 Å². The Morgan fingerprint density at radius 3 is 2.32 bits per heavy atom. The van der Waals surface area contributed by atoms with Gasteiger partial charge in [-0.15, -0.1) is 0 Å². The van der Waals surface area contributed by atoms with Gasteiger partial charge in [0, 0.05) is 0 Å². The van der Waals surface area contributed by atoms with Crippen molar-refractivity contribution in [3.8, 4) is 0 Å². The second-order valence-corrected chi connectivity index (χ2v) is 5.10. The average molecular weight is 275 g/mol. The van der Waals surface area contributed by atoms with Gasteiger partial charge in [0.15, 0.2) is 11.0 Å². The Bertz CT molecular complexity index is 579. The summed E-state index contributed by atoms with van der Waals surface area (Å²) in [5.74, 6) is 0.713. The minimum absolute atomic E-state index is 0.205. The molecule has 0 aliphatic rings. The number of aromatic nitrogens is 3. The quantitative estimate of drug-likeness (QED) is 0.831. The Morgan fingerprint density at radius 2 is 1.74 bits per heavy atom. The van der Waals surface area contributed by atoms with Gasteiger partial charge in [-0.05, 0) is 36.8 Å². The molecule has 0 radical (unpaired) electrons. The van der Waals surface area contributed by atoms with Crippen LogP contribution in [0.4, 0.5) is 5.95 Å². The zero-order valence-corrected chi connectivity index (χ0v) is 12.0. The summed E-state index contributed by atoms with van der Waals surface area (Å²) in [4.78, 5) is 12.5. The third kappa shape index (κ3) is 2.85. The molecular weight excluding hydrogens is 258 g/mol. The molecule has 2 rings (SSSR count). The highest BCUT2D eigenvalue weighted by Gasteiger charge is 2.18. The maximum absolute atomic E-state index is 6.29. The summed E-state index contributed by atoms with van der Waals surface area (Å²) in [6.45, 7) is 4.06. The molecule has 4 N–H and O–H groups in total. The summed E-state index contributed by atoms with van der Waals surface area (Å²) in [6, 6.07) is 5.68. The van der Waals surface area contributed by atoms with Crippen LogP contribution >= 0.6 is 11.8 Å². The number of thioether (sulfide) groups is 1. The van der Waals surface area contributed by atoms with Gasteiger partial charge < -0.3 is 11.5 Å². The van der Waals surface area contributed by atoms with Crippen LogP contribution in [0.25, 0.3) is 0 Å². The van der Waals surface area contributed by atoms with Crippen molar-refractivity contribution in [2.45, 2.75) is 25.0 Å². The van der Waals surface area contributed by atoms with Gasteiger partial charge in [0.25, 0.3) is 0 Å². The van der Waals surface area contributed by atoms with E-state index in [0.717, 1.165) is 16.7 Å². The van der Waals surface area contributed by atoms with Crippen LogP contribution in [-0.4, -0.2) is 21.2 Å². The smallest absolute Gasteiger partial charge is 0.224 e. The van der Waals surface area contributed by atoms with E-state index in [2.05, 4.69) is 15.0 Å². The molecule has 1 aromatic heterocycles. The number of nitrogen functional groups attached to an aromatic ring is 1. The maximum atomic E-state index is 6.29. The van der Waals surface area contributed by atoms with Gasteiger partial charge in [-0.3, -0.25) is 0 Å². The summed E-state index contributed by atoms with van der Waals surface area (Å²) in [7, 11) is 0. The summed E-state index contributed by atoms with van der Waals surface area (Å²) in [5.41, 5.74) is 15.3. The Labute approximate surface area is 116 Å². The summed E-state index contributed by atoms with van der Waals surface area (Å²) in [5, 5.41) is 0.587. The molecule has 1 aromatic carbocycles. The normalized spacial score (nSPS) is 12.4. The molecule has 100 valence electrons.